The van der Waals surface area contributed by atoms with E-state index in [0.29, 0.717) is 17.2 Å². The van der Waals surface area contributed by atoms with Crippen molar-refractivity contribution in [3.8, 4) is 11.3 Å². The van der Waals surface area contributed by atoms with Gasteiger partial charge in [-0.15, -0.1) is 0 Å². The number of benzene rings is 1. The van der Waals surface area contributed by atoms with Gasteiger partial charge in [0.2, 0.25) is 0 Å². The number of aromatic amines is 1. The molecule has 0 aliphatic heterocycles. The van der Waals surface area contributed by atoms with Crippen LogP contribution in [0, 0.1) is 0 Å². The van der Waals surface area contributed by atoms with E-state index in [2.05, 4.69) is 4.98 Å². The lowest BCUT2D eigenvalue weighted by molar-refractivity contribution is 0.0903. The number of hydrogen-bond donors (Lipinski definition) is 2. The summed E-state index contributed by atoms with van der Waals surface area (Å²) in [5.74, 6) is 0.417. The molecule has 2 heterocycles. The molecule has 0 amide bonds. The van der Waals surface area contributed by atoms with Crippen LogP contribution in [0.1, 0.15) is 64.5 Å². The van der Waals surface area contributed by atoms with Crippen LogP contribution in [-0.2, 0) is 0 Å². The predicted octanol–water partition coefficient (Wildman–Crippen LogP) is 4.46. The number of carbonyl (C=O) groups excluding carboxylic acids is 2. The Balaban J connectivity index is 1.93. The number of aliphatic hydroxyl groups is 1. The molecule has 26 heavy (non-hydrogen) atoms. The Morgan fingerprint density at radius 3 is 2.77 bits per heavy atom. The van der Waals surface area contributed by atoms with Crippen LogP contribution < -0.4 is 0 Å². The zero-order valence-electron chi connectivity index (χ0n) is 14.5. The van der Waals surface area contributed by atoms with E-state index in [9.17, 15) is 9.59 Å². The third-order valence-electron chi connectivity index (χ3n) is 5.39. The van der Waals surface area contributed by atoms with Gasteiger partial charge >= 0.3 is 0 Å². The summed E-state index contributed by atoms with van der Waals surface area (Å²) in [5, 5.41) is 10.2. The molecule has 3 aromatic rings. The average molecular weight is 351 g/mol. The fourth-order valence-corrected chi connectivity index (χ4v) is 4.13. The minimum absolute atomic E-state index is 0.306. The second-order valence-corrected chi connectivity index (χ2v) is 6.91. The standard InChI is InChI=1S/C21H21NO4/c23-11-18(25)14-6-7-15-17(10-14)22-21(16-8-9-26-19(16)12-24)20(15)13-4-2-1-3-5-13/h6-10,12-13,22-23H,1-5,11H2. The molecule has 0 saturated heterocycles. The number of rotatable bonds is 5. The molecule has 1 fully saturated rings. The molecule has 2 aromatic heterocycles. The summed E-state index contributed by atoms with van der Waals surface area (Å²) in [7, 11) is 0. The maximum absolute atomic E-state index is 11.9. The van der Waals surface area contributed by atoms with Crippen molar-refractivity contribution < 1.29 is 19.1 Å². The first kappa shape index (κ1) is 16.8. The quantitative estimate of drug-likeness (QED) is 0.525. The van der Waals surface area contributed by atoms with Crippen molar-refractivity contribution >= 4 is 23.0 Å². The molecule has 1 saturated carbocycles. The number of fused-ring (bicyclic) bond motifs is 1. The first-order valence-corrected chi connectivity index (χ1v) is 9.05. The Morgan fingerprint density at radius 1 is 1.23 bits per heavy atom. The van der Waals surface area contributed by atoms with Gasteiger partial charge in [-0.3, -0.25) is 9.59 Å². The maximum atomic E-state index is 11.9. The molecule has 134 valence electrons. The number of aliphatic hydroxyl groups excluding tert-OH is 1. The van der Waals surface area contributed by atoms with E-state index < -0.39 is 6.61 Å². The molecule has 1 aliphatic carbocycles. The zero-order chi connectivity index (χ0) is 18.1. The maximum Gasteiger partial charge on any atom is 0.188 e. The van der Waals surface area contributed by atoms with E-state index in [1.165, 1.54) is 31.1 Å². The van der Waals surface area contributed by atoms with Crippen molar-refractivity contribution in [1.29, 1.82) is 0 Å². The van der Waals surface area contributed by atoms with Gasteiger partial charge in [0.15, 0.2) is 17.8 Å². The van der Waals surface area contributed by atoms with Crippen molar-refractivity contribution in [2.45, 2.75) is 38.0 Å². The van der Waals surface area contributed by atoms with Crippen molar-refractivity contribution in [1.82, 2.24) is 4.98 Å². The van der Waals surface area contributed by atoms with Gasteiger partial charge in [0.05, 0.1) is 12.0 Å². The number of nitrogens with one attached hydrogen (secondary N) is 1. The highest BCUT2D eigenvalue weighted by atomic mass is 16.3. The SMILES string of the molecule is O=Cc1occc1-c1[nH]c2cc(C(=O)CO)ccc2c1C1CCCCC1. The van der Waals surface area contributed by atoms with E-state index >= 15 is 0 Å². The Labute approximate surface area is 151 Å². The van der Waals surface area contributed by atoms with Gasteiger partial charge in [-0.25, -0.2) is 0 Å². The van der Waals surface area contributed by atoms with Gasteiger partial charge < -0.3 is 14.5 Å². The summed E-state index contributed by atoms with van der Waals surface area (Å²) in [4.78, 5) is 26.6. The van der Waals surface area contributed by atoms with Crippen molar-refractivity contribution in [3.05, 3.63) is 47.4 Å². The largest absolute Gasteiger partial charge is 0.461 e. The lowest BCUT2D eigenvalue weighted by Gasteiger charge is -2.22. The molecule has 5 nitrogen and oxygen atoms in total. The van der Waals surface area contributed by atoms with Crippen LogP contribution in [0.5, 0.6) is 0 Å². The van der Waals surface area contributed by atoms with Crippen LogP contribution in [0.3, 0.4) is 0 Å². The summed E-state index contributed by atoms with van der Waals surface area (Å²) in [6.07, 6.45) is 8.14. The highest BCUT2D eigenvalue weighted by Crippen LogP contribution is 2.43. The molecule has 0 spiro atoms. The van der Waals surface area contributed by atoms with Crippen molar-refractivity contribution in [2.24, 2.45) is 0 Å². The van der Waals surface area contributed by atoms with Crippen LogP contribution >= 0.6 is 0 Å². The summed E-state index contributed by atoms with van der Waals surface area (Å²) in [6.45, 7) is -0.508. The first-order chi connectivity index (χ1) is 12.7. The second-order valence-electron chi connectivity index (χ2n) is 6.91. The van der Waals surface area contributed by atoms with Gasteiger partial charge in [0, 0.05) is 22.0 Å². The van der Waals surface area contributed by atoms with Gasteiger partial charge in [-0.2, -0.15) is 0 Å². The van der Waals surface area contributed by atoms with Gasteiger partial charge in [0.1, 0.15) is 6.61 Å². The Bertz CT molecular complexity index is 960. The third kappa shape index (κ3) is 2.78. The van der Waals surface area contributed by atoms with Crippen LogP contribution in [0.2, 0.25) is 0 Å². The smallest absolute Gasteiger partial charge is 0.188 e. The fourth-order valence-electron chi connectivity index (χ4n) is 4.13. The Morgan fingerprint density at radius 2 is 2.04 bits per heavy atom. The number of aldehydes is 1. The number of furan rings is 1. The number of ketones is 1. The van der Waals surface area contributed by atoms with E-state index in [1.54, 1.807) is 18.2 Å². The summed E-state index contributed by atoms with van der Waals surface area (Å²) in [5.41, 5.74) is 4.18. The number of carbonyl (C=O) groups is 2. The second kappa shape index (κ2) is 6.92. The van der Waals surface area contributed by atoms with Gasteiger partial charge in [-0.1, -0.05) is 31.4 Å². The number of H-pyrrole nitrogens is 1. The highest BCUT2D eigenvalue weighted by molar-refractivity contribution is 6.02. The average Bonchev–Trinajstić information content (AvgIpc) is 3.31. The minimum Gasteiger partial charge on any atom is -0.461 e. The van der Waals surface area contributed by atoms with E-state index in [1.807, 2.05) is 6.07 Å². The van der Waals surface area contributed by atoms with Gasteiger partial charge in [0.25, 0.3) is 0 Å². The molecular formula is C21H21NO4. The summed E-state index contributed by atoms with van der Waals surface area (Å²) >= 11 is 0. The molecule has 2 N–H and O–H groups in total. The molecule has 1 aromatic carbocycles. The third-order valence-corrected chi connectivity index (χ3v) is 5.39. The monoisotopic (exact) mass is 351 g/mol. The predicted molar refractivity (Wildman–Crippen MR) is 98.6 cm³/mol. The van der Waals surface area contributed by atoms with E-state index in [4.69, 9.17) is 9.52 Å². The number of Topliss-reactive ketones (excluding diaryl/α,β-unsaturated/α-hetero) is 1. The topological polar surface area (TPSA) is 83.3 Å². The van der Waals surface area contributed by atoms with Crippen molar-refractivity contribution in [3.63, 3.8) is 0 Å². The zero-order valence-corrected chi connectivity index (χ0v) is 14.5. The minimum atomic E-state index is -0.508. The molecular weight excluding hydrogens is 330 g/mol. The number of aromatic nitrogens is 1. The van der Waals surface area contributed by atoms with E-state index in [0.717, 1.165) is 41.3 Å². The molecule has 0 bridgehead atoms. The molecule has 4 rings (SSSR count). The Hall–Kier alpha value is -2.66. The van der Waals surface area contributed by atoms with E-state index in [-0.39, 0.29) is 5.78 Å². The molecule has 5 heteroatoms. The van der Waals surface area contributed by atoms with Gasteiger partial charge in [-0.05, 0) is 36.5 Å². The first-order valence-electron chi connectivity index (χ1n) is 9.05. The van der Waals surface area contributed by atoms with Crippen LogP contribution in [0.25, 0.3) is 22.2 Å². The highest BCUT2D eigenvalue weighted by Gasteiger charge is 2.25. The molecule has 0 unspecified atom stereocenters. The van der Waals surface area contributed by atoms with Crippen molar-refractivity contribution in [2.75, 3.05) is 6.61 Å². The van der Waals surface area contributed by atoms with Crippen LogP contribution in [0.15, 0.2) is 34.9 Å². The number of hydrogen-bond acceptors (Lipinski definition) is 4. The summed E-state index contributed by atoms with van der Waals surface area (Å²) < 4.78 is 5.31. The van der Waals surface area contributed by atoms with Crippen LogP contribution in [0.4, 0.5) is 0 Å². The molecule has 0 radical (unpaired) electrons. The molecule has 0 atom stereocenters. The van der Waals surface area contributed by atoms with Crippen LogP contribution in [-0.4, -0.2) is 28.8 Å². The summed E-state index contributed by atoms with van der Waals surface area (Å²) in [6, 6.07) is 7.30. The fraction of sp³-hybridized carbons (Fsp3) is 0.333. The lowest BCUT2D eigenvalue weighted by Crippen LogP contribution is -2.06. The lowest BCUT2D eigenvalue weighted by atomic mass is 9.82. The normalized spacial score (nSPS) is 15.4. The molecule has 1 aliphatic rings. The Kier molecular flexibility index (Phi) is 4.47.